The molecule has 0 radical (unpaired) electrons. The molecule has 5 heteroatoms. The highest BCUT2D eigenvalue weighted by atomic mass is 16.5. The summed E-state index contributed by atoms with van der Waals surface area (Å²) in [7, 11) is 1.51. The number of aromatic hydroxyl groups is 1. The third-order valence-electron chi connectivity index (χ3n) is 3.30. The number of methoxy groups -OCH3 is 1. The topological polar surface area (TPSA) is 84.6 Å². The fourth-order valence-electron chi connectivity index (χ4n) is 1.91. The Morgan fingerprint density at radius 2 is 1.90 bits per heavy atom. The number of nitrogens with two attached hydrogens (primary N) is 1. The second kappa shape index (κ2) is 5.85. The number of carbonyl (C=O) groups is 1. The van der Waals surface area contributed by atoms with Gasteiger partial charge in [-0.15, -0.1) is 0 Å². The normalized spacial score (nSPS) is 13.3. The first-order chi connectivity index (χ1) is 9.95. The van der Waals surface area contributed by atoms with Gasteiger partial charge in [0.1, 0.15) is 17.0 Å². The lowest BCUT2D eigenvalue weighted by Crippen LogP contribution is -2.45. The van der Waals surface area contributed by atoms with Crippen LogP contribution in [0.25, 0.3) is 0 Å². The number of benzene rings is 2. The zero-order chi connectivity index (χ0) is 15.5. The van der Waals surface area contributed by atoms with Crippen molar-refractivity contribution in [2.24, 2.45) is 5.73 Å². The summed E-state index contributed by atoms with van der Waals surface area (Å²) in [6.45, 7) is 1.62. The van der Waals surface area contributed by atoms with Crippen LogP contribution in [-0.2, 0) is 10.3 Å². The number of hydrogen-bond donors (Lipinski definition) is 3. The molecule has 2 aromatic rings. The van der Waals surface area contributed by atoms with Crippen molar-refractivity contribution in [1.29, 1.82) is 0 Å². The van der Waals surface area contributed by atoms with Gasteiger partial charge in [-0.3, -0.25) is 4.79 Å². The van der Waals surface area contributed by atoms with Gasteiger partial charge in [0.2, 0.25) is 5.91 Å². The first kappa shape index (κ1) is 14.9. The van der Waals surface area contributed by atoms with E-state index in [9.17, 15) is 9.90 Å². The molecule has 0 aliphatic heterocycles. The average Bonchev–Trinajstić information content (AvgIpc) is 2.50. The molecule has 0 saturated carbocycles. The van der Waals surface area contributed by atoms with Crippen molar-refractivity contribution in [2.45, 2.75) is 12.5 Å². The van der Waals surface area contributed by atoms with E-state index in [0.717, 1.165) is 0 Å². The number of carbonyl (C=O) groups excluding carboxylic acids is 1. The number of hydrogen-bond acceptors (Lipinski definition) is 4. The van der Waals surface area contributed by atoms with Crippen LogP contribution < -0.4 is 15.8 Å². The van der Waals surface area contributed by atoms with Crippen LogP contribution in [-0.4, -0.2) is 18.1 Å². The Hall–Kier alpha value is -2.53. The second-order valence-corrected chi connectivity index (χ2v) is 4.91. The van der Waals surface area contributed by atoms with Crippen LogP contribution in [0.5, 0.6) is 11.5 Å². The molecule has 21 heavy (non-hydrogen) atoms. The number of nitrogens with one attached hydrogen (secondary N) is 1. The van der Waals surface area contributed by atoms with Gasteiger partial charge >= 0.3 is 0 Å². The quantitative estimate of drug-likeness (QED) is 0.752. The lowest BCUT2D eigenvalue weighted by atomic mass is 9.92. The lowest BCUT2D eigenvalue weighted by molar-refractivity contribution is -0.120. The Labute approximate surface area is 123 Å². The van der Waals surface area contributed by atoms with Crippen molar-refractivity contribution in [2.75, 3.05) is 12.4 Å². The number of anilines is 1. The van der Waals surface area contributed by atoms with Gasteiger partial charge < -0.3 is 20.9 Å². The number of amides is 1. The van der Waals surface area contributed by atoms with E-state index in [-0.39, 0.29) is 11.4 Å². The van der Waals surface area contributed by atoms with Crippen molar-refractivity contribution < 1.29 is 14.6 Å². The van der Waals surface area contributed by atoms with Gasteiger partial charge in [-0.2, -0.15) is 0 Å². The van der Waals surface area contributed by atoms with Gasteiger partial charge in [-0.05, 0) is 24.6 Å². The molecule has 0 saturated heterocycles. The van der Waals surface area contributed by atoms with Crippen LogP contribution in [0, 0.1) is 0 Å². The zero-order valence-electron chi connectivity index (χ0n) is 12.0. The summed E-state index contributed by atoms with van der Waals surface area (Å²) in [5, 5.41) is 12.4. The molecule has 1 unspecified atom stereocenters. The molecule has 0 aliphatic carbocycles. The van der Waals surface area contributed by atoms with Crippen molar-refractivity contribution in [3.63, 3.8) is 0 Å². The van der Waals surface area contributed by atoms with Crippen LogP contribution in [0.2, 0.25) is 0 Å². The third kappa shape index (κ3) is 3.14. The SMILES string of the molecule is COc1ccc(O)c(NC(=O)C(C)(N)c2ccccc2)c1. The van der Waals surface area contributed by atoms with E-state index in [1.165, 1.54) is 19.2 Å². The molecule has 0 aromatic heterocycles. The van der Waals surface area contributed by atoms with Crippen molar-refractivity contribution >= 4 is 11.6 Å². The lowest BCUT2D eigenvalue weighted by Gasteiger charge is -2.24. The standard InChI is InChI=1S/C16H18N2O3/c1-16(17,11-6-4-3-5-7-11)15(20)18-13-10-12(21-2)8-9-14(13)19/h3-10,19H,17H2,1-2H3,(H,18,20). The first-order valence-electron chi connectivity index (χ1n) is 6.48. The molecular weight excluding hydrogens is 268 g/mol. The molecule has 2 aromatic carbocycles. The summed E-state index contributed by atoms with van der Waals surface area (Å²) in [5.41, 5.74) is 5.86. The molecule has 5 nitrogen and oxygen atoms in total. The summed E-state index contributed by atoms with van der Waals surface area (Å²) < 4.78 is 5.07. The smallest absolute Gasteiger partial charge is 0.248 e. The minimum Gasteiger partial charge on any atom is -0.506 e. The number of rotatable bonds is 4. The Morgan fingerprint density at radius 3 is 2.52 bits per heavy atom. The van der Waals surface area contributed by atoms with E-state index in [0.29, 0.717) is 11.3 Å². The van der Waals surface area contributed by atoms with E-state index in [1.54, 1.807) is 25.1 Å². The number of phenolic OH excluding ortho intramolecular Hbond substituents is 1. The number of ether oxygens (including phenoxy) is 1. The van der Waals surface area contributed by atoms with Crippen molar-refractivity contribution in [3.05, 3.63) is 54.1 Å². The second-order valence-electron chi connectivity index (χ2n) is 4.91. The molecular formula is C16H18N2O3. The van der Waals surface area contributed by atoms with Crippen LogP contribution in [0.15, 0.2) is 48.5 Å². The predicted octanol–water partition coefficient (Wildman–Crippen LogP) is 2.21. The van der Waals surface area contributed by atoms with Gasteiger partial charge in [0.25, 0.3) is 0 Å². The predicted molar refractivity (Wildman–Crippen MR) is 81.3 cm³/mol. The summed E-state index contributed by atoms with van der Waals surface area (Å²) in [4.78, 5) is 12.4. The zero-order valence-corrected chi connectivity index (χ0v) is 12.0. The van der Waals surface area contributed by atoms with Crippen LogP contribution in [0.1, 0.15) is 12.5 Å². The Balaban J connectivity index is 2.25. The molecule has 1 atom stereocenters. The van der Waals surface area contributed by atoms with E-state index in [2.05, 4.69) is 5.32 Å². The molecule has 110 valence electrons. The van der Waals surface area contributed by atoms with Gasteiger partial charge in [0, 0.05) is 6.07 Å². The minimum atomic E-state index is -1.21. The van der Waals surface area contributed by atoms with Gasteiger partial charge in [-0.1, -0.05) is 30.3 Å². The molecule has 0 aliphatic rings. The van der Waals surface area contributed by atoms with Crippen LogP contribution in [0.3, 0.4) is 0 Å². The molecule has 0 spiro atoms. The van der Waals surface area contributed by atoms with Crippen LogP contribution in [0.4, 0.5) is 5.69 Å². The molecule has 0 fully saturated rings. The fourth-order valence-corrected chi connectivity index (χ4v) is 1.91. The summed E-state index contributed by atoms with van der Waals surface area (Å²) >= 11 is 0. The minimum absolute atomic E-state index is 0.0481. The van der Waals surface area contributed by atoms with Crippen LogP contribution >= 0.6 is 0 Å². The van der Waals surface area contributed by atoms with E-state index in [4.69, 9.17) is 10.5 Å². The highest BCUT2D eigenvalue weighted by molar-refractivity contribution is 5.99. The maximum Gasteiger partial charge on any atom is 0.248 e. The summed E-state index contributed by atoms with van der Waals surface area (Å²) in [6, 6.07) is 13.6. The molecule has 1 amide bonds. The molecule has 4 N–H and O–H groups in total. The number of phenols is 1. The maximum absolute atomic E-state index is 12.4. The van der Waals surface area contributed by atoms with E-state index in [1.807, 2.05) is 18.2 Å². The monoisotopic (exact) mass is 286 g/mol. The largest absolute Gasteiger partial charge is 0.506 e. The molecule has 0 bridgehead atoms. The van der Waals surface area contributed by atoms with Crippen molar-refractivity contribution in [3.8, 4) is 11.5 Å². The fraction of sp³-hybridized carbons (Fsp3) is 0.188. The highest BCUT2D eigenvalue weighted by Crippen LogP contribution is 2.29. The van der Waals surface area contributed by atoms with E-state index >= 15 is 0 Å². The average molecular weight is 286 g/mol. The first-order valence-corrected chi connectivity index (χ1v) is 6.48. The van der Waals surface area contributed by atoms with Gasteiger partial charge in [0.05, 0.1) is 12.8 Å². The Morgan fingerprint density at radius 1 is 1.24 bits per heavy atom. The summed E-state index contributed by atoms with van der Waals surface area (Å²) in [6.07, 6.45) is 0. The maximum atomic E-state index is 12.4. The van der Waals surface area contributed by atoms with Gasteiger partial charge in [-0.25, -0.2) is 0 Å². The Bertz CT molecular complexity index is 639. The van der Waals surface area contributed by atoms with E-state index < -0.39 is 11.4 Å². The summed E-state index contributed by atoms with van der Waals surface area (Å²) in [5.74, 6) is 0.0619. The third-order valence-corrected chi connectivity index (χ3v) is 3.30. The molecule has 2 rings (SSSR count). The van der Waals surface area contributed by atoms with Crippen molar-refractivity contribution in [1.82, 2.24) is 0 Å². The highest BCUT2D eigenvalue weighted by Gasteiger charge is 2.30. The van der Waals surface area contributed by atoms with Gasteiger partial charge in [0.15, 0.2) is 0 Å². The molecule has 0 heterocycles. The Kier molecular flexibility index (Phi) is 4.14.